The molecule has 14 nitrogen and oxygen atoms in total. The molecule has 50 heavy (non-hydrogen) atoms. The number of nitrogens with zero attached hydrogens (tertiary/aromatic N) is 4. The zero-order valence-corrected chi connectivity index (χ0v) is 29.6. The number of thioether (sulfide) groups is 2. The summed E-state index contributed by atoms with van der Waals surface area (Å²) in [6.45, 7) is 2.37. The predicted molar refractivity (Wildman–Crippen MR) is 186 cm³/mol. The number of carboxylic acids is 1. The van der Waals surface area contributed by atoms with E-state index in [-0.39, 0.29) is 65.9 Å². The zero-order chi connectivity index (χ0) is 35.9. The molecule has 1 aromatic carbocycles. The van der Waals surface area contributed by atoms with Gasteiger partial charge in [-0.1, -0.05) is 5.16 Å². The van der Waals surface area contributed by atoms with Gasteiger partial charge in [-0.3, -0.25) is 19.3 Å². The molecule has 0 spiro atoms. The molecule has 264 valence electrons. The van der Waals surface area contributed by atoms with Gasteiger partial charge in [0.1, 0.15) is 47.0 Å². The lowest BCUT2D eigenvalue weighted by Gasteiger charge is -2.49. The summed E-state index contributed by atoms with van der Waals surface area (Å²) in [5.41, 5.74) is 3.98. The van der Waals surface area contributed by atoms with Crippen LogP contribution in [-0.2, 0) is 24.0 Å². The third kappa shape index (κ3) is 6.40. The molecule has 3 aliphatic rings. The van der Waals surface area contributed by atoms with Crippen molar-refractivity contribution >= 4 is 96.6 Å². The average Bonchev–Trinajstić information content (AvgIpc) is 3.77. The largest absolute Gasteiger partial charge is 0.477 e. The molecule has 4 N–H and O–H groups in total. The van der Waals surface area contributed by atoms with Crippen LogP contribution < -0.4 is 21.4 Å². The number of nitrogen functional groups attached to an aromatic ring is 1. The lowest BCUT2D eigenvalue weighted by molar-refractivity contribution is -0.150. The van der Waals surface area contributed by atoms with E-state index in [2.05, 4.69) is 15.5 Å². The smallest absolute Gasteiger partial charge is 0.352 e. The van der Waals surface area contributed by atoms with Crippen molar-refractivity contribution in [2.24, 2.45) is 5.16 Å². The Bertz CT molecular complexity index is 2050. The highest BCUT2D eigenvalue weighted by molar-refractivity contribution is 8.02. The van der Waals surface area contributed by atoms with Gasteiger partial charge in [0.05, 0.1) is 15.5 Å². The molecule has 20 heteroatoms. The van der Waals surface area contributed by atoms with Crippen molar-refractivity contribution in [2.45, 2.75) is 35.4 Å². The molecule has 2 amide bonds. The average molecular weight is 767 g/mol. The summed E-state index contributed by atoms with van der Waals surface area (Å²) in [6, 6.07) is -0.157. The van der Waals surface area contributed by atoms with Gasteiger partial charge < -0.3 is 30.6 Å². The summed E-state index contributed by atoms with van der Waals surface area (Å²) in [5, 5.41) is 17.1. The van der Waals surface area contributed by atoms with Crippen LogP contribution in [0.15, 0.2) is 36.9 Å². The number of carboxylic acid groups (broad SMARTS) is 1. The minimum absolute atomic E-state index is 0.0518. The van der Waals surface area contributed by atoms with Crippen LogP contribution in [0.5, 0.6) is 0 Å². The minimum atomic E-state index is -1.40. The Kier molecular flexibility index (Phi) is 10.3. The maximum atomic E-state index is 15.9. The molecule has 0 unspecified atom stereocenters. The monoisotopic (exact) mass is 766 g/mol. The van der Waals surface area contributed by atoms with Gasteiger partial charge in [-0.2, -0.15) is 0 Å². The van der Waals surface area contributed by atoms with Crippen molar-refractivity contribution in [1.82, 2.24) is 15.2 Å². The highest BCUT2D eigenvalue weighted by atomic mass is 32.2. The number of halogens is 2. The van der Waals surface area contributed by atoms with Gasteiger partial charge in [0.15, 0.2) is 16.7 Å². The number of thiazole rings is 1. The van der Waals surface area contributed by atoms with Crippen LogP contribution in [0.4, 0.5) is 19.6 Å². The number of carbonyl (C=O) groups excluding carboxylic acids is 3. The standard InChI is InChI=1S/C30H28F2N6O8S4/c1-3-46-28(44)16-22(39)13-8-14(31)21(37-6-4-5-7-37)17(32)23(13)50-29(16)48-10-12-9-47-26-19(25(41)38(26)20(12)27(42)43)35-24(40)18(36-45-2)15-11-49-30(33)34-15/h8,11,19,26H,3-7,9-10H2,1-2H3,(H2,33,34)(H,35,40)(H,42,43)/b36-18-/t19-,26-/m1/s1. The van der Waals surface area contributed by atoms with Crippen molar-refractivity contribution in [2.75, 3.05) is 48.9 Å². The van der Waals surface area contributed by atoms with E-state index in [4.69, 9.17) is 15.3 Å². The number of fused-ring (bicyclic) bond motifs is 2. The maximum Gasteiger partial charge on any atom is 0.352 e. The first kappa shape index (κ1) is 35.6. The second-order valence-electron chi connectivity index (χ2n) is 11.0. The molecule has 2 atom stereocenters. The first-order valence-electron chi connectivity index (χ1n) is 15.0. The SMILES string of the molecule is CCOC(=O)c1c(SCC2=C(C(=O)O)N3C(=O)[C@@H](NC(=O)/C(=N\OC)c4csc(N)n4)[C@H]3SC2)sc2c(F)c(N3CCCC3)c(F)cc2c1=O. The summed E-state index contributed by atoms with van der Waals surface area (Å²) >= 11 is 3.95. The number of nitrogens with two attached hydrogens (primary N) is 1. The summed E-state index contributed by atoms with van der Waals surface area (Å²) in [6.07, 6.45) is 1.52. The van der Waals surface area contributed by atoms with Crippen molar-refractivity contribution in [1.29, 1.82) is 0 Å². The molecule has 3 aromatic rings. The highest BCUT2D eigenvalue weighted by Gasteiger charge is 2.54. The molecule has 5 heterocycles. The number of benzene rings is 1. The molecule has 2 aromatic heterocycles. The third-order valence-corrected chi connectivity index (χ3v) is 12.6. The van der Waals surface area contributed by atoms with Crippen LogP contribution in [0.2, 0.25) is 0 Å². The van der Waals surface area contributed by atoms with E-state index in [0.717, 1.165) is 58.2 Å². The molecular weight excluding hydrogens is 739 g/mol. The summed E-state index contributed by atoms with van der Waals surface area (Å²) < 4.78 is 36.1. The summed E-state index contributed by atoms with van der Waals surface area (Å²) in [7, 11) is 1.23. The lowest BCUT2D eigenvalue weighted by Crippen LogP contribution is -2.71. The van der Waals surface area contributed by atoms with Crippen LogP contribution in [0, 0.1) is 11.6 Å². The number of anilines is 2. The first-order chi connectivity index (χ1) is 24.0. The number of esters is 1. The Morgan fingerprint density at radius 2 is 1.98 bits per heavy atom. The van der Waals surface area contributed by atoms with Crippen LogP contribution in [0.25, 0.3) is 10.1 Å². The molecule has 0 saturated carbocycles. The van der Waals surface area contributed by atoms with Crippen LogP contribution in [0.1, 0.15) is 35.8 Å². The van der Waals surface area contributed by atoms with E-state index >= 15 is 8.78 Å². The van der Waals surface area contributed by atoms with Gasteiger partial charge in [-0.25, -0.2) is 23.4 Å². The Morgan fingerprint density at radius 3 is 2.62 bits per heavy atom. The summed E-state index contributed by atoms with van der Waals surface area (Å²) in [4.78, 5) is 76.9. The Hall–Kier alpha value is -4.27. The van der Waals surface area contributed by atoms with Gasteiger partial charge >= 0.3 is 11.9 Å². The second-order valence-corrected chi connectivity index (χ2v) is 15.3. The fourth-order valence-electron chi connectivity index (χ4n) is 5.79. The third-order valence-electron chi connectivity index (χ3n) is 8.00. The van der Waals surface area contributed by atoms with Crippen LogP contribution >= 0.6 is 46.2 Å². The molecule has 0 aliphatic carbocycles. The normalized spacial score (nSPS) is 19.0. The van der Waals surface area contributed by atoms with Gasteiger partial charge in [0.25, 0.3) is 11.8 Å². The number of ether oxygens (including phenoxy) is 1. The van der Waals surface area contributed by atoms with E-state index in [1.807, 2.05) is 0 Å². The summed E-state index contributed by atoms with van der Waals surface area (Å²) in [5.74, 6) is -5.69. The van der Waals surface area contributed by atoms with Crippen molar-refractivity contribution in [3.63, 3.8) is 0 Å². The van der Waals surface area contributed by atoms with Crippen LogP contribution in [-0.4, -0.2) is 94.2 Å². The van der Waals surface area contributed by atoms with Gasteiger partial charge in [-0.05, 0) is 31.4 Å². The Labute approximate surface area is 298 Å². The second kappa shape index (κ2) is 14.5. The Morgan fingerprint density at radius 1 is 1.24 bits per heavy atom. The van der Waals surface area contributed by atoms with Crippen LogP contribution in [0.3, 0.4) is 0 Å². The number of amides is 2. The molecule has 0 bridgehead atoms. The number of β-lactam (4-membered cyclic amide) rings is 1. The van der Waals surface area contributed by atoms with E-state index in [9.17, 15) is 29.1 Å². The van der Waals surface area contributed by atoms with Crippen molar-refractivity contribution < 1.29 is 42.6 Å². The molecule has 2 saturated heterocycles. The predicted octanol–water partition coefficient (Wildman–Crippen LogP) is 3.24. The fraction of sp³-hybridized carbons (Fsp3) is 0.367. The van der Waals surface area contributed by atoms with Gasteiger partial charge in [-0.15, -0.1) is 46.2 Å². The zero-order valence-electron chi connectivity index (χ0n) is 26.3. The molecule has 6 rings (SSSR count). The fourth-order valence-corrected chi connectivity index (χ4v) is 10.3. The van der Waals surface area contributed by atoms with E-state index < -0.39 is 57.8 Å². The van der Waals surface area contributed by atoms with E-state index in [1.54, 1.807) is 11.8 Å². The number of oxime groups is 1. The quantitative estimate of drug-likeness (QED) is 0.0848. The topological polar surface area (TPSA) is 194 Å². The van der Waals surface area contributed by atoms with Gasteiger partial charge in [0, 0.05) is 35.4 Å². The minimum Gasteiger partial charge on any atom is -0.477 e. The number of carbonyl (C=O) groups is 4. The van der Waals surface area contributed by atoms with Crippen molar-refractivity contribution in [3.05, 3.63) is 55.8 Å². The number of hydrogen-bond acceptors (Lipinski definition) is 15. The molecule has 2 fully saturated rings. The Balaban J connectivity index is 1.29. The number of hydrogen-bond donors (Lipinski definition) is 3. The van der Waals surface area contributed by atoms with E-state index in [1.165, 1.54) is 24.3 Å². The highest BCUT2D eigenvalue weighted by Crippen LogP contribution is 2.43. The number of rotatable bonds is 11. The number of aromatic nitrogens is 1. The van der Waals surface area contributed by atoms with Crippen molar-refractivity contribution in [3.8, 4) is 0 Å². The van der Waals surface area contributed by atoms with E-state index in [0.29, 0.717) is 13.1 Å². The lowest BCUT2D eigenvalue weighted by atomic mass is 10.0. The van der Waals surface area contributed by atoms with Gasteiger partial charge in [0.2, 0.25) is 5.43 Å². The number of nitrogens with one attached hydrogen (secondary N) is 1. The molecule has 3 aliphatic heterocycles. The molecular formula is C30H28F2N6O8S4. The number of aliphatic carboxylic acids is 1. The maximum absolute atomic E-state index is 15.9. The first-order valence-corrected chi connectivity index (χ1v) is 18.8. The molecule has 0 radical (unpaired) electrons.